The van der Waals surface area contributed by atoms with Crippen molar-refractivity contribution in [2.75, 3.05) is 45.3 Å². The Morgan fingerprint density at radius 3 is 2.89 bits per heavy atom. The van der Waals surface area contributed by atoms with Crippen molar-refractivity contribution in [1.29, 1.82) is 0 Å². The Bertz CT molecular complexity index is 1170. The number of thioether (sulfide) groups is 1. The first kappa shape index (κ1) is 27.1. The number of quaternary nitrogens is 1. The number of likely N-dealkylation sites (tertiary alicyclic amines) is 1. The van der Waals surface area contributed by atoms with Crippen LogP contribution in [0.25, 0.3) is 0 Å². The number of nitrogen functional groups attached to an aromatic ring is 1. The number of nitrogens with one attached hydrogen (secondary N) is 1. The van der Waals surface area contributed by atoms with E-state index in [-0.39, 0.29) is 34.9 Å². The molecule has 37 heavy (non-hydrogen) atoms. The van der Waals surface area contributed by atoms with E-state index in [9.17, 15) is 24.6 Å². The molecule has 2 unspecified atom stereocenters. The van der Waals surface area contributed by atoms with Crippen LogP contribution in [-0.2, 0) is 19.2 Å². The van der Waals surface area contributed by atoms with E-state index >= 15 is 0 Å². The fraction of sp³-hybridized carbons (Fsp3) is 0.522. The molecular weight excluding hydrogens is 520 g/mol. The number of carboxylic acids is 1. The summed E-state index contributed by atoms with van der Waals surface area (Å²) >= 11 is 2.48. The SMILES string of the molecule is CO/N=C(\C(=O)N[C@@H]1C(=O)N2C(C(=O)[O-])=C(/C=C/C[N+]3(C)CCCCC3CO)CS[C@H]12)c1csc(N)n1. The maximum absolute atomic E-state index is 13.0. The predicted octanol–water partition coefficient (Wildman–Crippen LogP) is -0.973. The summed E-state index contributed by atoms with van der Waals surface area (Å²) in [6.45, 7) is 1.68. The van der Waals surface area contributed by atoms with Crippen molar-refractivity contribution in [2.24, 2.45) is 5.16 Å². The van der Waals surface area contributed by atoms with Crippen LogP contribution in [0.3, 0.4) is 0 Å². The van der Waals surface area contributed by atoms with Crippen molar-refractivity contribution in [3.8, 4) is 0 Å². The third-order valence-corrected chi connectivity index (χ3v) is 9.01. The summed E-state index contributed by atoms with van der Waals surface area (Å²) in [4.78, 5) is 47.9. The van der Waals surface area contributed by atoms with E-state index in [1.807, 2.05) is 6.08 Å². The number of carboxylic acid groups (broad SMARTS) is 1. The number of likely N-dealkylation sites (N-methyl/N-ethyl adjacent to an activating group) is 1. The molecule has 2 amide bonds. The molecule has 12 nitrogen and oxygen atoms in total. The third kappa shape index (κ3) is 5.37. The summed E-state index contributed by atoms with van der Waals surface area (Å²) in [5, 5.41) is 29.3. The van der Waals surface area contributed by atoms with Gasteiger partial charge < -0.3 is 35.4 Å². The van der Waals surface area contributed by atoms with Crippen LogP contribution in [-0.4, -0.2) is 100 Å². The van der Waals surface area contributed by atoms with Gasteiger partial charge in [-0.1, -0.05) is 11.2 Å². The minimum atomic E-state index is -1.45. The van der Waals surface area contributed by atoms with Gasteiger partial charge in [-0.15, -0.1) is 23.1 Å². The summed E-state index contributed by atoms with van der Waals surface area (Å²) in [6, 6.07) is -0.801. The van der Waals surface area contributed by atoms with Crippen molar-refractivity contribution in [3.05, 3.63) is 34.5 Å². The van der Waals surface area contributed by atoms with E-state index < -0.39 is 29.2 Å². The average Bonchev–Trinajstić information content (AvgIpc) is 3.30. The van der Waals surface area contributed by atoms with Crippen LogP contribution in [0.2, 0.25) is 0 Å². The highest BCUT2D eigenvalue weighted by molar-refractivity contribution is 8.00. The van der Waals surface area contributed by atoms with Crippen molar-refractivity contribution in [3.63, 3.8) is 0 Å². The van der Waals surface area contributed by atoms with Crippen molar-refractivity contribution in [1.82, 2.24) is 15.2 Å². The molecule has 0 bridgehead atoms. The second-order valence-electron chi connectivity index (χ2n) is 9.34. The van der Waals surface area contributed by atoms with Crippen molar-refractivity contribution in [2.45, 2.75) is 36.7 Å². The number of fused-ring (bicyclic) bond motifs is 1. The van der Waals surface area contributed by atoms with Gasteiger partial charge in [0, 0.05) is 17.6 Å². The highest BCUT2D eigenvalue weighted by Crippen LogP contribution is 2.40. The smallest absolute Gasteiger partial charge is 0.276 e. The number of aliphatic hydroxyl groups excluding tert-OH is 1. The first-order valence-electron chi connectivity index (χ1n) is 11.8. The molecule has 200 valence electrons. The number of amides is 2. The Kier molecular flexibility index (Phi) is 8.21. The minimum absolute atomic E-state index is 0.108. The molecule has 2 fully saturated rings. The highest BCUT2D eigenvalue weighted by atomic mass is 32.2. The lowest BCUT2D eigenvalue weighted by Crippen LogP contribution is -2.71. The number of carbonyl (C=O) groups is 3. The number of oxime groups is 1. The topological polar surface area (TPSA) is 170 Å². The number of carbonyl (C=O) groups excluding carboxylic acids is 3. The Morgan fingerprint density at radius 2 is 2.24 bits per heavy atom. The lowest BCUT2D eigenvalue weighted by molar-refractivity contribution is -0.933. The zero-order valence-corrected chi connectivity index (χ0v) is 22.2. The molecule has 3 aliphatic rings. The fourth-order valence-corrected chi connectivity index (χ4v) is 6.84. The molecule has 14 heteroatoms. The lowest BCUT2D eigenvalue weighted by atomic mass is 9.99. The number of aliphatic hydroxyl groups is 1. The van der Waals surface area contributed by atoms with Gasteiger partial charge in [0.05, 0.1) is 38.4 Å². The zero-order chi connectivity index (χ0) is 26.7. The second kappa shape index (κ2) is 11.2. The number of thiazole rings is 1. The maximum Gasteiger partial charge on any atom is 0.276 e. The monoisotopic (exact) mass is 550 g/mol. The molecule has 0 aliphatic carbocycles. The van der Waals surface area contributed by atoms with Gasteiger partial charge in [-0.25, -0.2) is 4.98 Å². The molecule has 0 radical (unpaired) electrons. The van der Waals surface area contributed by atoms with Crippen LogP contribution in [0.4, 0.5) is 5.13 Å². The minimum Gasteiger partial charge on any atom is -0.543 e. The number of hydrogen-bond donors (Lipinski definition) is 3. The van der Waals surface area contributed by atoms with Gasteiger partial charge in [0.25, 0.3) is 11.8 Å². The van der Waals surface area contributed by atoms with Gasteiger partial charge in [-0.2, -0.15) is 0 Å². The molecule has 2 saturated heterocycles. The molecular formula is C23H30N6O6S2. The number of anilines is 1. The Balaban J connectivity index is 1.48. The number of nitrogens with zero attached hydrogens (tertiary/aromatic N) is 4. The Morgan fingerprint density at radius 1 is 1.46 bits per heavy atom. The summed E-state index contributed by atoms with van der Waals surface area (Å²) in [5.41, 5.74) is 6.00. The lowest BCUT2D eigenvalue weighted by Gasteiger charge is -2.50. The first-order chi connectivity index (χ1) is 17.7. The summed E-state index contributed by atoms with van der Waals surface area (Å²) in [5.74, 6) is -2.36. The van der Waals surface area contributed by atoms with Crippen LogP contribution in [0.1, 0.15) is 25.0 Å². The van der Waals surface area contributed by atoms with Crippen LogP contribution in [0.5, 0.6) is 0 Å². The molecule has 3 aliphatic heterocycles. The first-order valence-corrected chi connectivity index (χ1v) is 13.8. The van der Waals surface area contributed by atoms with E-state index in [0.29, 0.717) is 22.4 Å². The van der Waals surface area contributed by atoms with Crippen LogP contribution >= 0.6 is 23.1 Å². The number of rotatable bonds is 9. The van der Waals surface area contributed by atoms with Crippen molar-refractivity contribution >= 4 is 51.7 Å². The van der Waals surface area contributed by atoms with Gasteiger partial charge in [0.1, 0.15) is 30.3 Å². The Hall–Kier alpha value is -2.94. The molecule has 1 aromatic rings. The van der Waals surface area contributed by atoms with Crippen LogP contribution in [0.15, 0.2) is 34.0 Å². The third-order valence-electron chi connectivity index (χ3n) is 7.03. The highest BCUT2D eigenvalue weighted by Gasteiger charge is 2.53. The predicted molar refractivity (Wildman–Crippen MR) is 137 cm³/mol. The van der Waals surface area contributed by atoms with E-state index in [2.05, 4.69) is 22.5 Å². The molecule has 4 N–H and O–H groups in total. The molecule has 4 rings (SSSR count). The summed E-state index contributed by atoms with van der Waals surface area (Å²) in [6.07, 6.45) is 6.76. The molecule has 1 aromatic heterocycles. The maximum atomic E-state index is 13.0. The molecule has 0 aromatic carbocycles. The number of nitrogens with two attached hydrogens (primary N) is 1. The van der Waals surface area contributed by atoms with Gasteiger partial charge in [-0.05, 0) is 24.5 Å². The van der Waals surface area contributed by atoms with E-state index in [0.717, 1.165) is 42.0 Å². The molecule has 4 atom stereocenters. The number of aromatic nitrogens is 1. The van der Waals surface area contributed by atoms with Crippen LogP contribution < -0.4 is 16.2 Å². The largest absolute Gasteiger partial charge is 0.543 e. The van der Waals surface area contributed by atoms with Crippen LogP contribution in [0, 0.1) is 0 Å². The van der Waals surface area contributed by atoms with Gasteiger partial charge in [-0.3, -0.25) is 14.5 Å². The fourth-order valence-electron chi connectivity index (χ4n) is 4.97. The molecule has 4 heterocycles. The summed E-state index contributed by atoms with van der Waals surface area (Å²) in [7, 11) is 3.37. The number of hydrogen-bond acceptors (Lipinski definition) is 11. The van der Waals surface area contributed by atoms with Gasteiger partial charge >= 0.3 is 0 Å². The average molecular weight is 551 g/mol. The number of piperidine rings is 1. The van der Waals surface area contributed by atoms with E-state index in [1.54, 1.807) is 11.5 Å². The van der Waals surface area contributed by atoms with Gasteiger partial charge in [0.2, 0.25) is 0 Å². The molecule has 0 saturated carbocycles. The number of β-lactam (4-membered cyclic amide) rings is 1. The van der Waals surface area contributed by atoms with Gasteiger partial charge in [0.15, 0.2) is 10.8 Å². The zero-order valence-electron chi connectivity index (χ0n) is 20.6. The standard InChI is InChI=1S/C23H30N6O6S2/c1-29(8-4-3-7-14(29)10-30)9-5-6-13-11-36-21-17(20(32)28(21)18(13)22(33)34)26-19(31)16(27-35-2)15-12-37-23(24)25-15/h5-6,12,14,17,21,30H,3-4,7-11H2,1-2H3,(H3-,24,25,26,31,33,34)/b6-5+,27-16-/t14?,17-,21-,29?/m1/s1. The second-order valence-corrected chi connectivity index (χ2v) is 11.3. The normalized spacial score (nSPS) is 28.2. The summed E-state index contributed by atoms with van der Waals surface area (Å²) < 4.78 is 0.684. The quantitative estimate of drug-likeness (QED) is 0.151. The van der Waals surface area contributed by atoms with Crippen molar-refractivity contribution < 1.29 is 33.9 Å². The Labute approximate surface area is 222 Å². The van der Waals surface area contributed by atoms with E-state index in [1.165, 1.54) is 18.9 Å². The number of allylic oxidation sites excluding steroid dienone is 1. The number of aliphatic carboxylic acids is 1. The van der Waals surface area contributed by atoms with E-state index in [4.69, 9.17) is 10.6 Å². The molecule has 0 spiro atoms.